The standard InChI is InChI=1S/C19H20FNO/c1-12-4-9-17-16(11-12)19-15(3-2-10-22-19)18(21-17)13-5-7-14(20)8-6-13/h4-9,11,15,18-19,21H,2-3,10H2,1H3/t15-,18+,19-/m1/s1. The van der Waals surface area contributed by atoms with Crippen molar-refractivity contribution < 1.29 is 9.13 Å². The third kappa shape index (κ3) is 2.30. The van der Waals surface area contributed by atoms with Gasteiger partial charge in [0.25, 0.3) is 0 Å². The number of hydrogen-bond acceptors (Lipinski definition) is 2. The van der Waals surface area contributed by atoms with E-state index in [1.54, 1.807) is 12.1 Å². The van der Waals surface area contributed by atoms with Gasteiger partial charge in [-0.15, -0.1) is 0 Å². The molecule has 22 heavy (non-hydrogen) atoms. The maximum Gasteiger partial charge on any atom is 0.123 e. The van der Waals surface area contributed by atoms with Gasteiger partial charge in [-0.05, 0) is 43.5 Å². The minimum atomic E-state index is -0.188. The second-order valence-electron chi connectivity index (χ2n) is 6.36. The van der Waals surface area contributed by atoms with E-state index in [0.29, 0.717) is 5.92 Å². The van der Waals surface area contributed by atoms with Crippen molar-refractivity contribution in [2.75, 3.05) is 11.9 Å². The molecule has 0 aliphatic carbocycles. The van der Waals surface area contributed by atoms with E-state index in [4.69, 9.17) is 4.74 Å². The van der Waals surface area contributed by atoms with Crippen LogP contribution in [0.15, 0.2) is 42.5 Å². The molecule has 0 saturated carbocycles. The van der Waals surface area contributed by atoms with Crippen LogP contribution in [-0.2, 0) is 4.74 Å². The van der Waals surface area contributed by atoms with E-state index in [1.165, 1.54) is 11.1 Å². The van der Waals surface area contributed by atoms with Crippen LogP contribution in [0.25, 0.3) is 0 Å². The fraction of sp³-hybridized carbons (Fsp3) is 0.368. The molecule has 3 atom stereocenters. The van der Waals surface area contributed by atoms with E-state index < -0.39 is 0 Å². The zero-order chi connectivity index (χ0) is 15.1. The zero-order valence-electron chi connectivity index (χ0n) is 12.7. The van der Waals surface area contributed by atoms with Gasteiger partial charge in [0, 0.05) is 23.8 Å². The van der Waals surface area contributed by atoms with Gasteiger partial charge >= 0.3 is 0 Å². The van der Waals surface area contributed by atoms with Crippen LogP contribution < -0.4 is 5.32 Å². The summed E-state index contributed by atoms with van der Waals surface area (Å²) in [5.74, 6) is 0.209. The van der Waals surface area contributed by atoms with Crippen molar-refractivity contribution in [3.05, 3.63) is 65.0 Å². The lowest BCUT2D eigenvalue weighted by molar-refractivity contribution is -0.0381. The van der Waals surface area contributed by atoms with Crippen LogP contribution in [0.3, 0.4) is 0 Å². The molecule has 2 nitrogen and oxygen atoms in total. The summed E-state index contributed by atoms with van der Waals surface area (Å²) in [6.07, 6.45) is 2.36. The number of anilines is 1. The predicted octanol–water partition coefficient (Wildman–Crippen LogP) is 4.77. The SMILES string of the molecule is Cc1ccc2c(c1)[C@@H]1OCCC[C@@H]1[C@H](c1ccc(F)cc1)N2. The van der Waals surface area contributed by atoms with Crippen molar-refractivity contribution in [3.8, 4) is 0 Å². The molecule has 0 aromatic heterocycles. The summed E-state index contributed by atoms with van der Waals surface area (Å²) >= 11 is 0. The first-order chi connectivity index (χ1) is 10.7. The van der Waals surface area contributed by atoms with Gasteiger partial charge in [0.2, 0.25) is 0 Å². The van der Waals surface area contributed by atoms with Gasteiger partial charge in [0.15, 0.2) is 0 Å². The third-order valence-electron chi connectivity index (χ3n) is 4.85. The first kappa shape index (κ1) is 13.8. The van der Waals surface area contributed by atoms with Crippen molar-refractivity contribution in [1.82, 2.24) is 0 Å². The van der Waals surface area contributed by atoms with E-state index in [2.05, 4.69) is 30.4 Å². The monoisotopic (exact) mass is 297 g/mol. The van der Waals surface area contributed by atoms with Crippen LogP contribution in [0.2, 0.25) is 0 Å². The lowest BCUT2D eigenvalue weighted by atomic mass is 9.77. The lowest BCUT2D eigenvalue weighted by Gasteiger charge is -2.43. The summed E-state index contributed by atoms with van der Waals surface area (Å²) in [4.78, 5) is 0. The van der Waals surface area contributed by atoms with Gasteiger partial charge in [-0.25, -0.2) is 4.39 Å². The average Bonchev–Trinajstić information content (AvgIpc) is 2.55. The van der Waals surface area contributed by atoms with Crippen LogP contribution in [0.5, 0.6) is 0 Å². The molecule has 2 heterocycles. The topological polar surface area (TPSA) is 21.3 Å². The Morgan fingerprint density at radius 2 is 1.95 bits per heavy atom. The molecule has 0 unspecified atom stereocenters. The Morgan fingerprint density at radius 1 is 1.14 bits per heavy atom. The molecule has 1 fully saturated rings. The Kier molecular flexibility index (Phi) is 3.38. The normalized spacial score (nSPS) is 26.7. The summed E-state index contributed by atoms with van der Waals surface area (Å²) in [6.45, 7) is 2.94. The van der Waals surface area contributed by atoms with Crippen LogP contribution in [0, 0.1) is 18.7 Å². The van der Waals surface area contributed by atoms with Crippen molar-refractivity contribution in [3.63, 3.8) is 0 Å². The fourth-order valence-electron chi connectivity index (χ4n) is 3.79. The molecule has 0 radical (unpaired) electrons. The first-order valence-electron chi connectivity index (χ1n) is 7.96. The molecule has 4 rings (SSSR count). The van der Waals surface area contributed by atoms with Gasteiger partial charge in [-0.1, -0.05) is 29.8 Å². The van der Waals surface area contributed by atoms with E-state index in [-0.39, 0.29) is 18.0 Å². The van der Waals surface area contributed by atoms with Crippen molar-refractivity contribution >= 4 is 5.69 Å². The number of aryl methyl sites for hydroxylation is 1. The second-order valence-corrected chi connectivity index (χ2v) is 6.36. The Hall–Kier alpha value is -1.87. The summed E-state index contributed by atoms with van der Waals surface area (Å²) in [7, 11) is 0. The van der Waals surface area contributed by atoms with Crippen molar-refractivity contribution in [2.45, 2.75) is 31.9 Å². The van der Waals surface area contributed by atoms with Gasteiger partial charge in [0.1, 0.15) is 5.82 Å². The minimum absolute atomic E-state index is 0.139. The van der Waals surface area contributed by atoms with Gasteiger partial charge in [0.05, 0.1) is 12.1 Å². The Morgan fingerprint density at radius 3 is 2.77 bits per heavy atom. The van der Waals surface area contributed by atoms with Crippen LogP contribution in [-0.4, -0.2) is 6.61 Å². The highest BCUT2D eigenvalue weighted by atomic mass is 19.1. The van der Waals surface area contributed by atoms with Crippen molar-refractivity contribution in [2.24, 2.45) is 5.92 Å². The van der Waals surface area contributed by atoms with Crippen molar-refractivity contribution in [1.29, 1.82) is 0 Å². The third-order valence-corrected chi connectivity index (χ3v) is 4.85. The van der Waals surface area contributed by atoms with Gasteiger partial charge in [-0.3, -0.25) is 0 Å². The number of halogens is 1. The van der Waals surface area contributed by atoms with E-state index >= 15 is 0 Å². The quantitative estimate of drug-likeness (QED) is 0.818. The Labute approximate surface area is 130 Å². The predicted molar refractivity (Wildman–Crippen MR) is 85.4 cm³/mol. The van der Waals surface area contributed by atoms with Crippen LogP contribution >= 0.6 is 0 Å². The number of hydrogen-bond donors (Lipinski definition) is 1. The Balaban J connectivity index is 1.77. The molecule has 2 aliphatic heterocycles. The highest BCUT2D eigenvalue weighted by molar-refractivity contribution is 5.58. The fourth-order valence-corrected chi connectivity index (χ4v) is 3.79. The smallest absolute Gasteiger partial charge is 0.123 e. The van der Waals surface area contributed by atoms with Crippen LogP contribution in [0.4, 0.5) is 10.1 Å². The maximum absolute atomic E-state index is 13.2. The zero-order valence-corrected chi connectivity index (χ0v) is 12.7. The van der Waals surface area contributed by atoms with Gasteiger partial charge < -0.3 is 10.1 Å². The van der Waals surface area contributed by atoms with E-state index in [1.807, 2.05) is 12.1 Å². The molecule has 2 aromatic rings. The number of nitrogens with one attached hydrogen (secondary N) is 1. The largest absolute Gasteiger partial charge is 0.378 e. The lowest BCUT2D eigenvalue weighted by Crippen LogP contribution is -2.36. The highest BCUT2D eigenvalue weighted by Crippen LogP contribution is 2.49. The van der Waals surface area contributed by atoms with Crippen LogP contribution in [0.1, 0.15) is 41.7 Å². The number of fused-ring (bicyclic) bond motifs is 3. The number of rotatable bonds is 1. The summed E-state index contributed by atoms with van der Waals surface area (Å²) in [6, 6.07) is 13.5. The molecular formula is C19H20FNO. The molecule has 0 spiro atoms. The average molecular weight is 297 g/mol. The summed E-state index contributed by atoms with van der Waals surface area (Å²) in [5.41, 5.74) is 4.80. The molecular weight excluding hydrogens is 277 g/mol. The summed E-state index contributed by atoms with van der Waals surface area (Å²) in [5, 5.41) is 3.66. The van der Waals surface area contributed by atoms with E-state index in [9.17, 15) is 4.39 Å². The first-order valence-corrected chi connectivity index (χ1v) is 7.96. The molecule has 1 N–H and O–H groups in total. The molecule has 0 bridgehead atoms. The molecule has 1 saturated heterocycles. The minimum Gasteiger partial charge on any atom is -0.378 e. The number of benzene rings is 2. The molecule has 114 valence electrons. The van der Waals surface area contributed by atoms with E-state index in [0.717, 1.165) is 30.7 Å². The molecule has 2 aromatic carbocycles. The maximum atomic E-state index is 13.2. The molecule has 0 amide bonds. The Bertz CT molecular complexity index is 682. The van der Waals surface area contributed by atoms with Gasteiger partial charge in [-0.2, -0.15) is 0 Å². The molecule has 2 aliphatic rings. The molecule has 3 heteroatoms. The highest BCUT2D eigenvalue weighted by Gasteiger charge is 2.39. The second kappa shape index (κ2) is 5.40. The summed E-state index contributed by atoms with van der Waals surface area (Å²) < 4.78 is 19.3. The number of ether oxygens (including phenoxy) is 1.